The van der Waals surface area contributed by atoms with E-state index in [9.17, 15) is 12.9 Å². The Morgan fingerprint density at radius 1 is 1.12 bits per heavy atom. The number of allylic oxidation sites excluding steroid dienone is 4. The van der Waals surface area contributed by atoms with Crippen molar-refractivity contribution in [3.63, 3.8) is 0 Å². The maximum Gasteiger partial charge on any atom is 0.266 e. The molecule has 0 radical (unpaired) electrons. The Balaban J connectivity index is 1.85. The van der Waals surface area contributed by atoms with E-state index in [4.69, 9.17) is 12.2 Å². The van der Waals surface area contributed by atoms with Crippen LogP contribution in [-0.4, -0.2) is 13.3 Å². The Morgan fingerprint density at radius 2 is 1.84 bits per heavy atom. The number of aryl methyl sites for hydroxylation is 1. The number of halogens is 1. The summed E-state index contributed by atoms with van der Waals surface area (Å²) < 4.78 is 35.2. The van der Waals surface area contributed by atoms with Gasteiger partial charge in [0.1, 0.15) is 0 Å². The maximum atomic E-state index is 12.3. The summed E-state index contributed by atoms with van der Waals surface area (Å²) in [6.45, 7) is 2.04. The zero-order valence-electron chi connectivity index (χ0n) is 13.4. The molecule has 0 saturated carbocycles. The van der Waals surface area contributed by atoms with Crippen LogP contribution < -0.4 is 4.94 Å². The Bertz CT molecular complexity index is 977. The van der Waals surface area contributed by atoms with Crippen molar-refractivity contribution in [2.45, 2.75) is 17.7 Å². The Labute approximate surface area is 151 Å². The predicted molar refractivity (Wildman–Crippen MR) is 102 cm³/mol. The van der Waals surface area contributed by atoms with Gasteiger partial charge in [-0.25, -0.2) is 8.42 Å². The molecular formula is C19H16FNO2S2. The molecule has 0 aliphatic heterocycles. The van der Waals surface area contributed by atoms with E-state index in [1.807, 2.05) is 37.3 Å². The summed E-state index contributed by atoms with van der Waals surface area (Å²) in [5, 5.41) is 0. The third kappa shape index (κ3) is 3.76. The molecule has 0 bridgehead atoms. The zero-order valence-corrected chi connectivity index (χ0v) is 15.1. The van der Waals surface area contributed by atoms with Crippen LogP contribution >= 0.6 is 12.2 Å². The molecule has 1 N–H and O–H groups in total. The van der Waals surface area contributed by atoms with Gasteiger partial charge in [-0.05, 0) is 46.8 Å². The van der Waals surface area contributed by atoms with Crippen molar-refractivity contribution in [3.05, 3.63) is 83.4 Å². The second kappa shape index (κ2) is 7.00. The van der Waals surface area contributed by atoms with E-state index in [1.165, 1.54) is 17.7 Å². The summed E-state index contributed by atoms with van der Waals surface area (Å²) >= 11 is 5.55. The van der Waals surface area contributed by atoms with E-state index in [1.54, 1.807) is 12.1 Å². The van der Waals surface area contributed by atoms with Crippen molar-refractivity contribution in [2.24, 2.45) is 0 Å². The van der Waals surface area contributed by atoms with Gasteiger partial charge < -0.3 is 0 Å². The van der Waals surface area contributed by atoms with Crippen molar-refractivity contribution >= 4 is 32.7 Å². The van der Waals surface area contributed by atoms with Crippen LogP contribution in [0.5, 0.6) is 0 Å². The highest BCUT2D eigenvalue weighted by molar-refractivity contribution is 7.89. The van der Waals surface area contributed by atoms with Gasteiger partial charge in [-0.15, -0.1) is 4.48 Å². The van der Waals surface area contributed by atoms with E-state index in [-0.39, 0.29) is 10.8 Å². The summed E-state index contributed by atoms with van der Waals surface area (Å²) in [4.78, 5) is 1.49. The number of nitrogens with one attached hydrogen (secondary N) is 1. The first-order chi connectivity index (χ1) is 11.9. The van der Waals surface area contributed by atoms with Crippen LogP contribution in [0.1, 0.15) is 22.6 Å². The van der Waals surface area contributed by atoms with Crippen molar-refractivity contribution in [1.29, 1.82) is 0 Å². The summed E-state index contributed by atoms with van der Waals surface area (Å²) in [5.74, 6) is 0.0500. The molecule has 25 heavy (non-hydrogen) atoms. The minimum absolute atomic E-state index is 0.0500. The lowest BCUT2D eigenvalue weighted by Crippen LogP contribution is -2.14. The highest BCUT2D eigenvalue weighted by Crippen LogP contribution is 2.30. The Morgan fingerprint density at radius 3 is 2.44 bits per heavy atom. The van der Waals surface area contributed by atoms with Crippen LogP contribution in [0.3, 0.4) is 0 Å². The molecule has 2 aromatic carbocycles. The molecular weight excluding hydrogens is 357 g/mol. The summed E-state index contributed by atoms with van der Waals surface area (Å²) in [7, 11) is -4.09. The molecule has 2 aromatic rings. The number of sulfonamides is 1. The number of rotatable bonds is 4. The second-order valence-corrected chi connectivity index (χ2v) is 7.96. The van der Waals surface area contributed by atoms with Crippen LogP contribution in [-0.2, 0) is 10.0 Å². The number of thiocarbonyl (C=S) groups is 1. The fraction of sp³-hybridized carbons (Fsp3) is 0.105. The van der Waals surface area contributed by atoms with Gasteiger partial charge in [0.2, 0.25) is 0 Å². The highest BCUT2D eigenvalue weighted by Gasteiger charge is 2.18. The van der Waals surface area contributed by atoms with Crippen LogP contribution in [0.4, 0.5) is 4.48 Å². The summed E-state index contributed by atoms with van der Waals surface area (Å²) in [6, 6.07) is 14.2. The molecule has 1 aliphatic rings. The molecule has 128 valence electrons. The molecule has 1 atom stereocenters. The molecule has 1 aliphatic carbocycles. The van der Waals surface area contributed by atoms with E-state index in [0.717, 1.165) is 26.5 Å². The minimum Gasteiger partial charge on any atom is -0.205 e. The van der Waals surface area contributed by atoms with E-state index in [2.05, 4.69) is 12.1 Å². The van der Waals surface area contributed by atoms with Gasteiger partial charge in [-0.2, -0.15) is 0 Å². The maximum absolute atomic E-state index is 12.3. The molecule has 3 nitrogen and oxygen atoms in total. The highest BCUT2D eigenvalue weighted by atomic mass is 32.2. The van der Waals surface area contributed by atoms with Crippen LogP contribution in [0, 0.1) is 6.92 Å². The first kappa shape index (κ1) is 17.7. The van der Waals surface area contributed by atoms with Crippen molar-refractivity contribution in [3.8, 4) is 0 Å². The first-order valence-corrected chi connectivity index (χ1v) is 9.53. The monoisotopic (exact) mass is 373 g/mol. The molecule has 0 amide bonds. The summed E-state index contributed by atoms with van der Waals surface area (Å²) in [6.07, 6.45) is 5.93. The van der Waals surface area contributed by atoms with Gasteiger partial charge in [0.15, 0.2) is 0 Å². The number of hydrogen-bond acceptors (Lipinski definition) is 3. The third-order valence-electron chi connectivity index (χ3n) is 4.07. The van der Waals surface area contributed by atoms with Gasteiger partial charge in [0.25, 0.3) is 10.0 Å². The lowest BCUT2D eigenvalue weighted by Gasteiger charge is -2.18. The van der Waals surface area contributed by atoms with Gasteiger partial charge in [0, 0.05) is 10.8 Å². The summed E-state index contributed by atoms with van der Waals surface area (Å²) in [5.41, 5.74) is 4.04. The van der Waals surface area contributed by atoms with E-state index >= 15 is 0 Å². The molecule has 0 fully saturated rings. The first-order valence-electron chi connectivity index (χ1n) is 7.64. The second-order valence-electron chi connectivity index (χ2n) is 5.86. The van der Waals surface area contributed by atoms with Crippen LogP contribution in [0.25, 0.3) is 5.57 Å². The predicted octanol–water partition coefficient (Wildman–Crippen LogP) is 4.26. The molecule has 1 unspecified atom stereocenters. The van der Waals surface area contributed by atoms with Gasteiger partial charge in [-0.3, -0.25) is 0 Å². The molecule has 0 spiro atoms. The number of hydrogen-bond donors (Lipinski definition) is 1. The fourth-order valence-corrected chi connectivity index (χ4v) is 3.70. The molecule has 3 rings (SSSR count). The topological polar surface area (TPSA) is 46.2 Å². The average Bonchev–Trinajstić information content (AvgIpc) is 2.61. The van der Waals surface area contributed by atoms with Gasteiger partial charge >= 0.3 is 0 Å². The van der Waals surface area contributed by atoms with Crippen LogP contribution in [0.15, 0.2) is 71.7 Å². The Hall–Kier alpha value is -2.15. The van der Waals surface area contributed by atoms with E-state index in [0.29, 0.717) is 0 Å². The standard InChI is InChI=1S/C19H16FNO2S2/c1-13-3-2-4-16(11-13)18-10-7-15(12-19(18)24)14-5-8-17(9-6-14)25(22,23)21-20/h2-12,18,21H,1H3. The molecule has 0 heterocycles. The smallest absolute Gasteiger partial charge is 0.205 e. The van der Waals surface area contributed by atoms with E-state index < -0.39 is 10.0 Å². The third-order valence-corrected chi connectivity index (χ3v) is 5.54. The minimum atomic E-state index is -4.09. The lowest BCUT2D eigenvalue weighted by molar-refractivity contribution is 0.425. The Kier molecular flexibility index (Phi) is 4.94. The van der Waals surface area contributed by atoms with Crippen molar-refractivity contribution in [1.82, 2.24) is 4.94 Å². The average molecular weight is 373 g/mol. The van der Waals surface area contributed by atoms with Gasteiger partial charge in [-0.1, -0.05) is 66.3 Å². The lowest BCUT2D eigenvalue weighted by atomic mass is 9.87. The number of benzene rings is 2. The molecule has 6 heteroatoms. The SMILES string of the molecule is Cc1cccc(C2C=CC(c3ccc(S(=O)(=O)NF)cc3)=CC2=S)c1. The molecule has 0 aromatic heterocycles. The zero-order chi connectivity index (χ0) is 18.0. The van der Waals surface area contributed by atoms with Crippen molar-refractivity contribution in [2.75, 3.05) is 0 Å². The van der Waals surface area contributed by atoms with Crippen molar-refractivity contribution < 1.29 is 12.9 Å². The largest absolute Gasteiger partial charge is 0.266 e. The normalized spacial score (nSPS) is 17.4. The fourth-order valence-electron chi connectivity index (χ4n) is 2.78. The molecule has 0 saturated heterocycles. The van der Waals surface area contributed by atoms with Crippen LogP contribution in [0.2, 0.25) is 0 Å². The quantitative estimate of drug-likeness (QED) is 0.643. The van der Waals surface area contributed by atoms with Gasteiger partial charge in [0.05, 0.1) is 4.90 Å².